The van der Waals surface area contributed by atoms with Crippen LogP contribution in [0.15, 0.2) is 6.20 Å². The Balaban J connectivity index is 2.37. The molecule has 1 aliphatic heterocycles. The third kappa shape index (κ3) is 1.41. The molecule has 0 radical (unpaired) electrons. The highest BCUT2D eigenvalue weighted by Crippen LogP contribution is 2.24. The molecule has 1 atom stereocenters. The van der Waals surface area contributed by atoms with E-state index in [2.05, 4.69) is 14.9 Å². The summed E-state index contributed by atoms with van der Waals surface area (Å²) in [7, 11) is 0. The molecule has 7 heteroatoms. The summed E-state index contributed by atoms with van der Waals surface area (Å²) in [5.74, 6) is -1.10. The van der Waals surface area contributed by atoms with E-state index in [-0.39, 0.29) is 6.61 Å². The van der Waals surface area contributed by atoms with E-state index in [0.717, 1.165) is 4.90 Å². The highest BCUT2D eigenvalue weighted by molar-refractivity contribution is 5.98. The van der Waals surface area contributed by atoms with Crippen molar-refractivity contribution in [3.63, 3.8) is 0 Å². The zero-order valence-corrected chi connectivity index (χ0v) is 7.93. The van der Waals surface area contributed by atoms with Gasteiger partial charge < -0.3 is 9.84 Å². The molecule has 2 N–H and O–H groups in total. The number of anilines is 1. The van der Waals surface area contributed by atoms with Gasteiger partial charge in [0.2, 0.25) is 0 Å². The Hall–Kier alpha value is -2.05. The van der Waals surface area contributed by atoms with Crippen LogP contribution in [0, 0.1) is 6.92 Å². The lowest BCUT2D eigenvalue weighted by Gasteiger charge is -2.16. The van der Waals surface area contributed by atoms with Crippen LogP contribution in [0.1, 0.15) is 5.69 Å². The summed E-state index contributed by atoms with van der Waals surface area (Å²) >= 11 is 0. The van der Waals surface area contributed by atoms with Crippen LogP contribution >= 0.6 is 0 Å². The number of amides is 1. The fraction of sp³-hybridized carbons (Fsp3) is 0.375. The number of hydrogen-bond donors (Lipinski definition) is 2. The monoisotopic (exact) mass is 211 g/mol. The zero-order valence-electron chi connectivity index (χ0n) is 7.93. The van der Waals surface area contributed by atoms with E-state index in [1.807, 2.05) is 0 Å². The van der Waals surface area contributed by atoms with Crippen molar-refractivity contribution in [3.05, 3.63) is 11.9 Å². The number of nitrogens with zero attached hydrogens (tertiary/aromatic N) is 2. The fourth-order valence-electron chi connectivity index (χ4n) is 1.46. The first-order valence-electron chi connectivity index (χ1n) is 4.30. The van der Waals surface area contributed by atoms with Crippen molar-refractivity contribution in [2.24, 2.45) is 0 Å². The molecule has 80 valence electrons. The molecule has 1 amide bonds. The van der Waals surface area contributed by atoms with Gasteiger partial charge in [-0.3, -0.25) is 10.00 Å². The lowest BCUT2D eigenvalue weighted by molar-refractivity contribution is -0.138. The number of carbonyl (C=O) groups excluding carboxylic acids is 1. The summed E-state index contributed by atoms with van der Waals surface area (Å²) < 4.78 is 4.68. The molecule has 0 aliphatic carbocycles. The molecule has 0 spiro atoms. The second-order valence-electron chi connectivity index (χ2n) is 3.18. The number of carboxylic acid groups (broad SMARTS) is 1. The third-order valence-electron chi connectivity index (χ3n) is 2.22. The van der Waals surface area contributed by atoms with Crippen molar-refractivity contribution in [1.82, 2.24) is 10.2 Å². The predicted molar refractivity (Wildman–Crippen MR) is 48.6 cm³/mol. The van der Waals surface area contributed by atoms with E-state index in [0.29, 0.717) is 11.4 Å². The number of aromatic nitrogens is 2. The molecular weight excluding hydrogens is 202 g/mol. The maximum absolute atomic E-state index is 11.3. The Morgan fingerprint density at radius 2 is 2.53 bits per heavy atom. The first-order chi connectivity index (χ1) is 7.11. The smallest absolute Gasteiger partial charge is 0.415 e. The molecule has 1 fully saturated rings. The van der Waals surface area contributed by atoms with Gasteiger partial charge in [0, 0.05) is 0 Å². The summed E-state index contributed by atoms with van der Waals surface area (Å²) in [6.45, 7) is 1.56. The summed E-state index contributed by atoms with van der Waals surface area (Å²) in [5, 5.41) is 15.2. The van der Waals surface area contributed by atoms with Gasteiger partial charge >= 0.3 is 12.1 Å². The van der Waals surface area contributed by atoms with Crippen LogP contribution in [0.2, 0.25) is 0 Å². The van der Waals surface area contributed by atoms with Crippen molar-refractivity contribution >= 4 is 17.7 Å². The number of cyclic esters (lactones) is 1. The second-order valence-corrected chi connectivity index (χ2v) is 3.18. The minimum Gasteiger partial charge on any atom is -0.480 e. The third-order valence-corrected chi connectivity index (χ3v) is 2.22. The number of nitrogens with one attached hydrogen (secondary N) is 1. The number of H-pyrrole nitrogens is 1. The van der Waals surface area contributed by atoms with Crippen molar-refractivity contribution in [2.45, 2.75) is 13.0 Å². The molecule has 1 aromatic rings. The molecule has 1 aliphatic rings. The topological polar surface area (TPSA) is 95.5 Å². The van der Waals surface area contributed by atoms with Gasteiger partial charge in [0.25, 0.3) is 0 Å². The second kappa shape index (κ2) is 3.26. The number of carbonyl (C=O) groups is 2. The SMILES string of the molecule is Cc1[nH]ncc1N1C(=O)OCC1C(=O)O. The Morgan fingerprint density at radius 1 is 1.80 bits per heavy atom. The van der Waals surface area contributed by atoms with Crippen LogP contribution in [0.25, 0.3) is 0 Å². The summed E-state index contributed by atoms with van der Waals surface area (Å²) in [5.41, 5.74) is 1.06. The Kier molecular flexibility index (Phi) is 2.07. The van der Waals surface area contributed by atoms with Gasteiger partial charge in [-0.15, -0.1) is 0 Å². The lowest BCUT2D eigenvalue weighted by atomic mass is 10.2. The fourth-order valence-corrected chi connectivity index (χ4v) is 1.46. The molecule has 0 aromatic carbocycles. The normalized spacial score (nSPS) is 20.5. The molecule has 1 unspecified atom stereocenters. The zero-order chi connectivity index (χ0) is 11.0. The maximum atomic E-state index is 11.3. The van der Waals surface area contributed by atoms with E-state index in [4.69, 9.17) is 5.11 Å². The van der Waals surface area contributed by atoms with Crippen LogP contribution in [0.4, 0.5) is 10.5 Å². The molecule has 15 heavy (non-hydrogen) atoms. The Bertz CT molecular complexity index is 414. The van der Waals surface area contributed by atoms with Crippen LogP contribution < -0.4 is 4.90 Å². The number of aliphatic carboxylic acids is 1. The van der Waals surface area contributed by atoms with Crippen molar-refractivity contribution < 1.29 is 19.4 Å². The van der Waals surface area contributed by atoms with Gasteiger partial charge in [-0.2, -0.15) is 5.10 Å². The highest BCUT2D eigenvalue weighted by Gasteiger charge is 2.40. The maximum Gasteiger partial charge on any atom is 0.415 e. The standard InChI is InChI=1S/C8H9N3O4/c1-4-5(2-9-10-4)11-6(7(12)13)3-15-8(11)14/h2,6H,3H2,1H3,(H,9,10)(H,12,13). The van der Waals surface area contributed by atoms with Crippen LogP contribution in [-0.2, 0) is 9.53 Å². The molecule has 2 heterocycles. The molecule has 1 aromatic heterocycles. The van der Waals surface area contributed by atoms with E-state index in [1.54, 1.807) is 6.92 Å². The molecule has 0 saturated carbocycles. The van der Waals surface area contributed by atoms with Crippen LogP contribution in [0.3, 0.4) is 0 Å². The molecule has 0 bridgehead atoms. The number of carboxylic acids is 1. The van der Waals surface area contributed by atoms with Crippen molar-refractivity contribution in [3.8, 4) is 0 Å². The molecular formula is C8H9N3O4. The number of ether oxygens (including phenoxy) is 1. The van der Waals surface area contributed by atoms with Crippen molar-refractivity contribution in [2.75, 3.05) is 11.5 Å². The number of aromatic amines is 1. The molecule has 2 rings (SSSR count). The largest absolute Gasteiger partial charge is 0.480 e. The van der Waals surface area contributed by atoms with Gasteiger partial charge in [-0.25, -0.2) is 9.59 Å². The minimum absolute atomic E-state index is 0.140. The summed E-state index contributed by atoms with van der Waals surface area (Å²) in [6.07, 6.45) is 0.740. The summed E-state index contributed by atoms with van der Waals surface area (Å²) in [6, 6.07) is -0.978. The van der Waals surface area contributed by atoms with E-state index < -0.39 is 18.1 Å². The lowest BCUT2D eigenvalue weighted by Crippen LogP contribution is -2.39. The van der Waals surface area contributed by atoms with Crippen LogP contribution in [-0.4, -0.2) is 40.0 Å². The van der Waals surface area contributed by atoms with Gasteiger partial charge in [0.1, 0.15) is 6.61 Å². The first kappa shape index (κ1) is 9.50. The van der Waals surface area contributed by atoms with E-state index in [9.17, 15) is 9.59 Å². The van der Waals surface area contributed by atoms with Gasteiger partial charge in [0.15, 0.2) is 6.04 Å². The quantitative estimate of drug-likeness (QED) is 0.724. The van der Waals surface area contributed by atoms with Gasteiger partial charge in [0.05, 0.1) is 17.6 Å². The average molecular weight is 211 g/mol. The summed E-state index contributed by atoms with van der Waals surface area (Å²) in [4.78, 5) is 23.3. The van der Waals surface area contributed by atoms with E-state index in [1.165, 1.54) is 6.20 Å². The predicted octanol–water partition coefficient (Wildman–Crippen LogP) is 0.128. The van der Waals surface area contributed by atoms with Crippen LogP contribution in [0.5, 0.6) is 0 Å². The average Bonchev–Trinajstić information content (AvgIpc) is 2.71. The van der Waals surface area contributed by atoms with Gasteiger partial charge in [-0.05, 0) is 6.92 Å². The Labute approximate surface area is 84.6 Å². The number of rotatable bonds is 2. The minimum atomic E-state index is -1.10. The van der Waals surface area contributed by atoms with E-state index >= 15 is 0 Å². The first-order valence-corrected chi connectivity index (χ1v) is 4.30. The number of hydrogen-bond acceptors (Lipinski definition) is 4. The molecule has 1 saturated heterocycles. The highest BCUT2D eigenvalue weighted by atomic mass is 16.6. The number of aryl methyl sites for hydroxylation is 1. The molecule has 7 nitrogen and oxygen atoms in total. The van der Waals surface area contributed by atoms with Gasteiger partial charge in [-0.1, -0.05) is 0 Å². The Morgan fingerprint density at radius 3 is 3.07 bits per heavy atom. The van der Waals surface area contributed by atoms with Crippen molar-refractivity contribution in [1.29, 1.82) is 0 Å².